The van der Waals surface area contributed by atoms with Gasteiger partial charge in [-0.15, -0.1) is 11.3 Å². The number of rotatable bonds is 4. The van der Waals surface area contributed by atoms with Gasteiger partial charge in [0.25, 0.3) is 0 Å². The van der Waals surface area contributed by atoms with Crippen molar-refractivity contribution in [1.29, 1.82) is 0 Å². The highest BCUT2D eigenvalue weighted by molar-refractivity contribution is 7.12. The Hall–Kier alpha value is -2.86. The van der Waals surface area contributed by atoms with Crippen molar-refractivity contribution in [3.63, 3.8) is 0 Å². The van der Waals surface area contributed by atoms with Crippen LogP contribution in [0.2, 0.25) is 0 Å². The summed E-state index contributed by atoms with van der Waals surface area (Å²) in [4.78, 5) is 5.48. The van der Waals surface area contributed by atoms with Crippen LogP contribution in [0.4, 0.5) is 0 Å². The van der Waals surface area contributed by atoms with Gasteiger partial charge >= 0.3 is 0 Å². The summed E-state index contributed by atoms with van der Waals surface area (Å²) < 4.78 is 12.3. The van der Waals surface area contributed by atoms with Crippen molar-refractivity contribution in [2.75, 3.05) is 6.61 Å². The van der Waals surface area contributed by atoms with E-state index in [4.69, 9.17) is 14.6 Å². The van der Waals surface area contributed by atoms with E-state index >= 15 is 0 Å². The van der Waals surface area contributed by atoms with Gasteiger partial charge in [0.15, 0.2) is 11.5 Å². The number of hydrazone groups is 1. The van der Waals surface area contributed by atoms with Crippen LogP contribution in [0, 0.1) is 0 Å². The molecule has 0 amide bonds. The van der Waals surface area contributed by atoms with Crippen molar-refractivity contribution in [2.45, 2.75) is 25.6 Å². The lowest BCUT2D eigenvalue weighted by molar-refractivity contribution is -0.0214. The van der Waals surface area contributed by atoms with Crippen LogP contribution < -0.4 is 9.47 Å². The van der Waals surface area contributed by atoms with Crippen molar-refractivity contribution in [1.82, 2.24) is 9.99 Å². The topological polar surface area (TPSA) is 47.0 Å². The fourth-order valence-electron chi connectivity index (χ4n) is 3.69. The SMILES string of the molecule is CCOc1cccc2c1O[C@@H](c1cccnc1)N1N=C(c3cccs3)C[C@H]21. The highest BCUT2D eigenvalue weighted by Crippen LogP contribution is 2.50. The van der Waals surface area contributed by atoms with Gasteiger partial charge in [0.05, 0.1) is 23.2 Å². The number of hydrogen-bond donors (Lipinski definition) is 0. The lowest BCUT2D eigenvalue weighted by atomic mass is 9.97. The van der Waals surface area contributed by atoms with Gasteiger partial charge in [-0.25, -0.2) is 5.01 Å². The van der Waals surface area contributed by atoms with E-state index in [1.807, 2.05) is 37.4 Å². The molecular formula is C21H19N3O2S. The fourth-order valence-corrected chi connectivity index (χ4v) is 4.41. The van der Waals surface area contributed by atoms with Crippen LogP contribution in [0.1, 0.15) is 41.6 Å². The predicted molar refractivity (Wildman–Crippen MR) is 105 cm³/mol. The molecule has 2 aromatic heterocycles. The fraction of sp³-hybridized carbons (Fsp3) is 0.238. The third-order valence-corrected chi connectivity index (χ3v) is 5.77. The highest BCUT2D eigenvalue weighted by atomic mass is 32.1. The third-order valence-electron chi connectivity index (χ3n) is 4.86. The van der Waals surface area contributed by atoms with E-state index < -0.39 is 0 Å². The van der Waals surface area contributed by atoms with E-state index in [0.29, 0.717) is 6.61 Å². The van der Waals surface area contributed by atoms with E-state index in [2.05, 4.69) is 33.6 Å². The number of benzene rings is 1. The van der Waals surface area contributed by atoms with Gasteiger partial charge in [-0.05, 0) is 30.5 Å². The molecule has 3 aromatic rings. The zero-order valence-corrected chi connectivity index (χ0v) is 15.7. The van der Waals surface area contributed by atoms with E-state index in [-0.39, 0.29) is 12.3 Å². The number of ether oxygens (including phenoxy) is 2. The summed E-state index contributed by atoms with van der Waals surface area (Å²) in [6, 6.07) is 14.4. The Morgan fingerprint density at radius 1 is 1.22 bits per heavy atom. The molecule has 4 heterocycles. The van der Waals surface area contributed by atoms with Gasteiger partial charge < -0.3 is 9.47 Å². The molecule has 0 saturated heterocycles. The first-order valence-corrected chi connectivity index (χ1v) is 9.95. The first-order valence-electron chi connectivity index (χ1n) is 9.07. The number of nitrogens with zero attached hydrogens (tertiary/aromatic N) is 3. The number of thiophene rings is 1. The van der Waals surface area contributed by atoms with E-state index in [1.54, 1.807) is 17.5 Å². The van der Waals surface area contributed by atoms with Crippen LogP contribution in [0.5, 0.6) is 11.5 Å². The minimum Gasteiger partial charge on any atom is -0.490 e. The van der Waals surface area contributed by atoms with E-state index in [9.17, 15) is 0 Å². The van der Waals surface area contributed by atoms with Gasteiger partial charge in [0.2, 0.25) is 6.23 Å². The quantitative estimate of drug-likeness (QED) is 0.656. The van der Waals surface area contributed by atoms with Crippen molar-refractivity contribution in [2.24, 2.45) is 5.10 Å². The molecule has 1 aromatic carbocycles. The normalized spacial score (nSPS) is 20.5. The molecule has 0 aliphatic carbocycles. The molecular weight excluding hydrogens is 358 g/mol. The zero-order chi connectivity index (χ0) is 18.2. The van der Waals surface area contributed by atoms with Crippen molar-refractivity contribution < 1.29 is 9.47 Å². The molecule has 27 heavy (non-hydrogen) atoms. The second-order valence-electron chi connectivity index (χ2n) is 6.49. The van der Waals surface area contributed by atoms with Gasteiger partial charge in [-0.1, -0.05) is 24.3 Å². The summed E-state index contributed by atoms with van der Waals surface area (Å²) in [6.45, 7) is 2.59. The van der Waals surface area contributed by atoms with Crippen LogP contribution in [0.15, 0.2) is 65.3 Å². The Balaban J connectivity index is 1.62. The second-order valence-corrected chi connectivity index (χ2v) is 7.44. The smallest absolute Gasteiger partial charge is 0.215 e. The molecule has 0 bridgehead atoms. The summed E-state index contributed by atoms with van der Waals surface area (Å²) in [6.07, 6.45) is 4.14. The summed E-state index contributed by atoms with van der Waals surface area (Å²) in [7, 11) is 0. The first kappa shape index (κ1) is 16.3. The van der Waals surface area contributed by atoms with Crippen LogP contribution >= 0.6 is 11.3 Å². The monoisotopic (exact) mass is 377 g/mol. The van der Waals surface area contributed by atoms with Crippen molar-refractivity contribution in [3.8, 4) is 11.5 Å². The Labute approximate surface area is 161 Å². The Kier molecular flexibility index (Phi) is 4.05. The highest BCUT2D eigenvalue weighted by Gasteiger charge is 2.42. The molecule has 0 unspecified atom stereocenters. The van der Waals surface area contributed by atoms with Crippen LogP contribution in [0.3, 0.4) is 0 Å². The average molecular weight is 377 g/mol. The number of aromatic nitrogens is 1. The second kappa shape index (κ2) is 6.70. The average Bonchev–Trinajstić information content (AvgIpc) is 3.38. The summed E-state index contributed by atoms with van der Waals surface area (Å²) in [5.74, 6) is 1.60. The molecule has 5 nitrogen and oxygen atoms in total. The first-order chi connectivity index (χ1) is 13.3. The number of hydrogen-bond acceptors (Lipinski definition) is 6. The molecule has 0 saturated carbocycles. The van der Waals surface area contributed by atoms with Crippen LogP contribution in [-0.4, -0.2) is 22.3 Å². The lowest BCUT2D eigenvalue weighted by Crippen LogP contribution is -2.34. The van der Waals surface area contributed by atoms with E-state index in [0.717, 1.165) is 34.8 Å². The molecule has 2 aliphatic rings. The molecule has 0 fully saturated rings. The Morgan fingerprint density at radius 3 is 2.96 bits per heavy atom. The maximum atomic E-state index is 6.44. The van der Waals surface area contributed by atoms with Gasteiger partial charge in [0, 0.05) is 29.9 Å². The van der Waals surface area contributed by atoms with Crippen molar-refractivity contribution in [3.05, 3.63) is 76.2 Å². The van der Waals surface area contributed by atoms with Gasteiger partial charge in [0.1, 0.15) is 0 Å². The molecule has 0 N–H and O–H groups in total. The van der Waals surface area contributed by atoms with Gasteiger partial charge in [-0.3, -0.25) is 4.98 Å². The number of para-hydroxylation sites is 1. The Bertz CT molecular complexity index is 972. The molecule has 5 rings (SSSR count). The van der Waals surface area contributed by atoms with Gasteiger partial charge in [-0.2, -0.15) is 5.10 Å². The maximum Gasteiger partial charge on any atom is 0.215 e. The van der Waals surface area contributed by atoms with Crippen LogP contribution in [-0.2, 0) is 0 Å². The molecule has 2 atom stereocenters. The summed E-state index contributed by atoms with van der Waals surface area (Å²) >= 11 is 1.72. The van der Waals surface area contributed by atoms with E-state index in [1.165, 1.54) is 4.88 Å². The summed E-state index contributed by atoms with van der Waals surface area (Å²) in [5, 5.41) is 9.11. The zero-order valence-electron chi connectivity index (χ0n) is 14.9. The minimum atomic E-state index is -0.324. The molecule has 0 radical (unpaired) electrons. The number of pyridine rings is 1. The van der Waals surface area contributed by atoms with Crippen molar-refractivity contribution >= 4 is 17.0 Å². The molecule has 6 heteroatoms. The maximum absolute atomic E-state index is 6.44. The summed E-state index contributed by atoms with van der Waals surface area (Å²) in [5.41, 5.74) is 3.20. The largest absolute Gasteiger partial charge is 0.490 e. The minimum absolute atomic E-state index is 0.122. The number of fused-ring (bicyclic) bond motifs is 3. The molecule has 136 valence electrons. The lowest BCUT2D eigenvalue weighted by Gasteiger charge is -2.38. The standard InChI is InChI=1S/C21H19N3O2S/c1-2-25-18-8-3-7-15-17-12-16(19-9-5-11-27-19)23-24(17)21(26-20(15)18)14-6-4-10-22-13-14/h3-11,13,17,21H,2,12H2,1H3/t17-,21+/m1/s1. The molecule has 2 aliphatic heterocycles. The third kappa shape index (κ3) is 2.77. The van der Waals surface area contributed by atoms with Crippen LogP contribution in [0.25, 0.3) is 0 Å². The molecule has 0 spiro atoms. The Morgan fingerprint density at radius 2 is 2.19 bits per heavy atom. The predicted octanol–water partition coefficient (Wildman–Crippen LogP) is 4.78.